The summed E-state index contributed by atoms with van der Waals surface area (Å²) >= 11 is 7.36. The third-order valence-corrected chi connectivity index (χ3v) is 2.68. The summed E-state index contributed by atoms with van der Waals surface area (Å²) in [5.41, 5.74) is 5.42. The van der Waals surface area contributed by atoms with E-state index in [1.165, 1.54) is 6.08 Å². The van der Waals surface area contributed by atoms with Gasteiger partial charge in [0.05, 0.1) is 6.04 Å². The van der Waals surface area contributed by atoms with Gasteiger partial charge in [0.15, 0.2) is 0 Å². The third kappa shape index (κ3) is 1.52. The van der Waals surface area contributed by atoms with Gasteiger partial charge in [-0.15, -0.1) is 0 Å². The standard InChI is InChI=1S/C6H6ClFIN/c7-6(8)3-1-2-4(9)5(6)10/h1-3,5H,10H2. The van der Waals surface area contributed by atoms with Crippen molar-refractivity contribution in [1.82, 2.24) is 0 Å². The van der Waals surface area contributed by atoms with E-state index in [-0.39, 0.29) is 0 Å². The summed E-state index contributed by atoms with van der Waals surface area (Å²) in [5.74, 6) is 0. The molecule has 0 radical (unpaired) electrons. The van der Waals surface area contributed by atoms with Crippen LogP contribution in [0.2, 0.25) is 0 Å². The number of hydrogen-bond acceptors (Lipinski definition) is 1. The molecule has 4 heteroatoms. The molecular weight excluding hydrogens is 267 g/mol. The predicted molar refractivity (Wildman–Crippen MR) is 48.9 cm³/mol. The van der Waals surface area contributed by atoms with E-state index in [0.29, 0.717) is 0 Å². The van der Waals surface area contributed by atoms with Crippen LogP contribution >= 0.6 is 34.2 Å². The minimum Gasteiger partial charge on any atom is -0.320 e. The molecule has 0 aromatic carbocycles. The van der Waals surface area contributed by atoms with Crippen LogP contribution in [-0.4, -0.2) is 11.2 Å². The fourth-order valence-electron chi connectivity index (χ4n) is 0.660. The molecule has 1 aliphatic rings. The number of alkyl halides is 2. The Morgan fingerprint density at radius 1 is 1.80 bits per heavy atom. The predicted octanol–water partition coefficient (Wildman–Crippen LogP) is 2.11. The van der Waals surface area contributed by atoms with Gasteiger partial charge in [-0.25, -0.2) is 4.39 Å². The van der Waals surface area contributed by atoms with Gasteiger partial charge in [-0.3, -0.25) is 0 Å². The molecule has 0 amide bonds. The van der Waals surface area contributed by atoms with Gasteiger partial charge >= 0.3 is 0 Å². The summed E-state index contributed by atoms with van der Waals surface area (Å²) < 4.78 is 13.8. The van der Waals surface area contributed by atoms with Crippen molar-refractivity contribution < 1.29 is 4.39 Å². The molecule has 2 unspecified atom stereocenters. The second-order valence-electron chi connectivity index (χ2n) is 2.06. The molecule has 0 aromatic heterocycles. The van der Waals surface area contributed by atoms with E-state index in [2.05, 4.69) is 0 Å². The smallest absolute Gasteiger partial charge is 0.221 e. The molecule has 1 nitrogen and oxygen atoms in total. The minimum absolute atomic E-state index is 0.722. The van der Waals surface area contributed by atoms with Crippen LogP contribution in [-0.2, 0) is 0 Å². The van der Waals surface area contributed by atoms with E-state index in [9.17, 15) is 4.39 Å². The molecule has 56 valence electrons. The summed E-state index contributed by atoms with van der Waals surface area (Å²) in [6.45, 7) is 0. The number of rotatable bonds is 0. The third-order valence-electron chi connectivity index (χ3n) is 1.29. The summed E-state index contributed by atoms with van der Waals surface area (Å²) in [6.07, 6.45) is 4.56. The number of halogens is 3. The van der Waals surface area contributed by atoms with E-state index < -0.39 is 11.2 Å². The first-order valence-corrected chi connectivity index (χ1v) is 4.18. The lowest BCUT2D eigenvalue weighted by atomic mass is 10.1. The van der Waals surface area contributed by atoms with Crippen molar-refractivity contribution in [2.24, 2.45) is 5.73 Å². The van der Waals surface area contributed by atoms with Crippen LogP contribution in [0, 0.1) is 0 Å². The quantitative estimate of drug-likeness (QED) is 0.531. The number of nitrogens with two attached hydrogens (primary N) is 1. The van der Waals surface area contributed by atoms with Crippen LogP contribution in [0.1, 0.15) is 0 Å². The molecule has 1 aliphatic carbocycles. The van der Waals surface area contributed by atoms with Crippen molar-refractivity contribution in [3.8, 4) is 0 Å². The topological polar surface area (TPSA) is 26.0 Å². The van der Waals surface area contributed by atoms with Crippen LogP contribution < -0.4 is 5.73 Å². The summed E-state index contributed by atoms with van der Waals surface area (Å²) in [5, 5.41) is -1.90. The van der Waals surface area contributed by atoms with Crippen LogP contribution in [0.4, 0.5) is 4.39 Å². The molecule has 0 aliphatic heterocycles. The Kier molecular flexibility index (Phi) is 2.37. The first-order valence-electron chi connectivity index (χ1n) is 2.72. The highest BCUT2D eigenvalue weighted by Crippen LogP contribution is 2.32. The molecule has 10 heavy (non-hydrogen) atoms. The second-order valence-corrected chi connectivity index (χ2v) is 3.89. The largest absolute Gasteiger partial charge is 0.320 e. The molecule has 0 spiro atoms. The van der Waals surface area contributed by atoms with Gasteiger partial charge < -0.3 is 5.73 Å². The molecule has 2 N–H and O–H groups in total. The Hall–Kier alpha value is 0.390. The normalized spacial score (nSPS) is 39.6. The number of allylic oxidation sites excluding steroid dienone is 2. The summed E-state index contributed by atoms with van der Waals surface area (Å²) in [4.78, 5) is 0. The zero-order chi connectivity index (χ0) is 7.78. The molecule has 0 bridgehead atoms. The van der Waals surface area contributed by atoms with Crippen molar-refractivity contribution in [2.75, 3.05) is 0 Å². The van der Waals surface area contributed by atoms with E-state index in [1.807, 2.05) is 22.6 Å². The Balaban J connectivity index is 2.89. The molecule has 0 aromatic rings. The van der Waals surface area contributed by atoms with Gasteiger partial charge in [0.2, 0.25) is 5.13 Å². The van der Waals surface area contributed by atoms with Crippen molar-refractivity contribution in [3.63, 3.8) is 0 Å². The lowest BCUT2D eigenvalue weighted by Crippen LogP contribution is -2.39. The summed E-state index contributed by atoms with van der Waals surface area (Å²) in [7, 11) is 0. The zero-order valence-electron chi connectivity index (χ0n) is 5.02. The molecule has 0 fully saturated rings. The van der Waals surface area contributed by atoms with Gasteiger partial charge in [-0.1, -0.05) is 23.8 Å². The molecule has 0 saturated carbocycles. The maximum Gasteiger partial charge on any atom is 0.221 e. The maximum atomic E-state index is 13.0. The Morgan fingerprint density at radius 2 is 2.40 bits per heavy atom. The highest BCUT2D eigenvalue weighted by molar-refractivity contribution is 14.1. The van der Waals surface area contributed by atoms with Gasteiger partial charge in [0, 0.05) is 3.58 Å². The van der Waals surface area contributed by atoms with Crippen molar-refractivity contribution in [2.45, 2.75) is 11.2 Å². The van der Waals surface area contributed by atoms with Crippen LogP contribution in [0.15, 0.2) is 21.8 Å². The van der Waals surface area contributed by atoms with E-state index in [1.54, 1.807) is 12.2 Å². The van der Waals surface area contributed by atoms with E-state index in [0.717, 1.165) is 3.58 Å². The SMILES string of the molecule is NC1C(I)=CC=CC1(F)Cl. The van der Waals surface area contributed by atoms with Crippen LogP contribution in [0.3, 0.4) is 0 Å². The molecule has 1 rings (SSSR count). The van der Waals surface area contributed by atoms with E-state index in [4.69, 9.17) is 17.3 Å². The van der Waals surface area contributed by atoms with Crippen LogP contribution in [0.25, 0.3) is 0 Å². The lowest BCUT2D eigenvalue weighted by molar-refractivity contribution is 0.315. The molecule has 0 saturated heterocycles. The van der Waals surface area contributed by atoms with Crippen molar-refractivity contribution >= 4 is 34.2 Å². The van der Waals surface area contributed by atoms with E-state index >= 15 is 0 Å². The first kappa shape index (κ1) is 8.49. The summed E-state index contributed by atoms with van der Waals surface area (Å²) in [6, 6.07) is -0.722. The molecule has 0 heterocycles. The number of hydrogen-bond donors (Lipinski definition) is 1. The molecule has 2 atom stereocenters. The van der Waals surface area contributed by atoms with Crippen LogP contribution in [0.5, 0.6) is 0 Å². The highest BCUT2D eigenvalue weighted by Gasteiger charge is 2.34. The average Bonchev–Trinajstić information content (AvgIpc) is 1.83. The molecular formula is C6H6ClFIN. The van der Waals surface area contributed by atoms with Gasteiger partial charge in [-0.05, 0) is 28.7 Å². The van der Waals surface area contributed by atoms with Gasteiger partial charge in [-0.2, -0.15) is 0 Å². The zero-order valence-corrected chi connectivity index (χ0v) is 7.93. The minimum atomic E-state index is -1.90. The Labute approximate surface area is 77.2 Å². The first-order chi connectivity index (χ1) is 4.54. The van der Waals surface area contributed by atoms with Gasteiger partial charge in [0.25, 0.3) is 0 Å². The highest BCUT2D eigenvalue weighted by atomic mass is 127. The average molecular weight is 273 g/mol. The van der Waals surface area contributed by atoms with Gasteiger partial charge in [0.1, 0.15) is 0 Å². The Morgan fingerprint density at radius 3 is 2.80 bits per heavy atom. The monoisotopic (exact) mass is 273 g/mol. The lowest BCUT2D eigenvalue weighted by Gasteiger charge is -2.23. The van der Waals surface area contributed by atoms with Crippen molar-refractivity contribution in [1.29, 1.82) is 0 Å². The van der Waals surface area contributed by atoms with Crippen molar-refractivity contribution in [3.05, 3.63) is 21.8 Å². The maximum absolute atomic E-state index is 13.0. The fraction of sp³-hybridized carbons (Fsp3) is 0.333. The fourth-order valence-corrected chi connectivity index (χ4v) is 1.69. The second kappa shape index (κ2) is 2.79. The Bertz CT molecular complexity index is 200.